The average molecular weight is 206 g/mol. The molecule has 15 heavy (non-hydrogen) atoms. The molecule has 2 nitrogen and oxygen atoms in total. The Morgan fingerprint density at radius 3 is 2.40 bits per heavy atom. The van der Waals surface area contributed by atoms with Crippen molar-refractivity contribution in [1.29, 1.82) is 0 Å². The molecule has 0 aromatic heterocycles. The summed E-state index contributed by atoms with van der Waals surface area (Å²) < 4.78 is 5.35. The summed E-state index contributed by atoms with van der Waals surface area (Å²) in [6.45, 7) is 5.95. The summed E-state index contributed by atoms with van der Waals surface area (Å²) in [6, 6.07) is 7.58. The van der Waals surface area contributed by atoms with Gasteiger partial charge in [-0.3, -0.25) is 4.79 Å². The van der Waals surface area contributed by atoms with Gasteiger partial charge in [0.05, 0.1) is 5.92 Å². The topological polar surface area (TPSA) is 26.3 Å². The van der Waals surface area contributed by atoms with Gasteiger partial charge in [-0.1, -0.05) is 32.0 Å². The lowest BCUT2D eigenvalue weighted by Crippen LogP contribution is -2.19. The third-order valence-electron chi connectivity index (χ3n) is 2.62. The van der Waals surface area contributed by atoms with Gasteiger partial charge in [-0.05, 0) is 31.4 Å². The van der Waals surface area contributed by atoms with Gasteiger partial charge in [-0.25, -0.2) is 0 Å². The molecule has 0 spiro atoms. The van der Waals surface area contributed by atoms with Crippen LogP contribution in [0.25, 0.3) is 0 Å². The summed E-state index contributed by atoms with van der Waals surface area (Å²) in [5.74, 6) is 0.577. The van der Waals surface area contributed by atoms with E-state index < -0.39 is 0 Å². The minimum absolute atomic E-state index is 0.0182. The van der Waals surface area contributed by atoms with E-state index in [4.69, 9.17) is 4.74 Å². The van der Waals surface area contributed by atoms with E-state index in [0.29, 0.717) is 5.75 Å². The van der Waals surface area contributed by atoms with Crippen LogP contribution in [0.3, 0.4) is 0 Å². The molecule has 0 radical (unpaired) electrons. The number of hydrogen-bond donors (Lipinski definition) is 0. The standard InChI is InChI=1S/C13H18O2/c1-4-11(5-2)13(14)15-12-9-7-6-8-10(12)3/h6-9,11H,4-5H2,1-3H3. The van der Waals surface area contributed by atoms with Crippen LogP contribution in [0.15, 0.2) is 24.3 Å². The molecule has 1 aromatic carbocycles. The Morgan fingerprint density at radius 1 is 1.27 bits per heavy atom. The first-order valence-corrected chi connectivity index (χ1v) is 5.46. The van der Waals surface area contributed by atoms with Gasteiger partial charge in [-0.2, -0.15) is 0 Å². The lowest BCUT2D eigenvalue weighted by molar-refractivity contribution is -0.139. The minimum Gasteiger partial charge on any atom is -0.426 e. The van der Waals surface area contributed by atoms with Crippen molar-refractivity contribution in [1.82, 2.24) is 0 Å². The molecule has 0 heterocycles. The quantitative estimate of drug-likeness (QED) is 0.558. The van der Waals surface area contributed by atoms with Crippen LogP contribution in [0.1, 0.15) is 32.3 Å². The van der Waals surface area contributed by atoms with Crippen LogP contribution in [-0.4, -0.2) is 5.97 Å². The Bertz CT molecular complexity index is 327. The molecule has 82 valence electrons. The van der Waals surface area contributed by atoms with Gasteiger partial charge >= 0.3 is 5.97 Å². The highest BCUT2D eigenvalue weighted by molar-refractivity contribution is 5.75. The van der Waals surface area contributed by atoms with Crippen LogP contribution in [0.4, 0.5) is 0 Å². The lowest BCUT2D eigenvalue weighted by atomic mass is 10.0. The van der Waals surface area contributed by atoms with Gasteiger partial charge in [0.25, 0.3) is 0 Å². The molecule has 0 saturated carbocycles. The molecule has 0 N–H and O–H groups in total. The SMILES string of the molecule is CCC(CC)C(=O)Oc1ccccc1C. The maximum Gasteiger partial charge on any atom is 0.314 e. The summed E-state index contributed by atoms with van der Waals surface area (Å²) in [7, 11) is 0. The molecular weight excluding hydrogens is 188 g/mol. The molecule has 0 saturated heterocycles. The lowest BCUT2D eigenvalue weighted by Gasteiger charge is -2.12. The van der Waals surface area contributed by atoms with E-state index in [2.05, 4.69) is 0 Å². The molecule has 0 bridgehead atoms. The van der Waals surface area contributed by atoms with Crippen LogP contribution < -0.4 is 4.74 Å². The third kappa shape index (κ3) is 3.08. The largest absolute Gasteiger partial charge is 0.426 e. The Hall–Kier alpha value is -1.31. The second kappa shape index (κ2) is 5.54. The van der Waals surface area contributed by atoms with Gasteiger partial charge in [0.2, 0.25) is 0 Å². The monoisotopic (exact) mass is 206 g/mol. The predicted molar refractivity (Wildman–Crippen MR) is 60.9 cm³/mol. The number of rotatable bonds is 4. The van der Waals surface area contributed by atoms with Crippen LogP contribution in [0, 0.1) is 12.8 Å². The second-order valence-electron chi connectivity index (χ2n) is 3.70. The normalized spacial score (nSPS) is 10.4. The summed E-state index contributed by atoms with van der Waals surface area (Å²) in [5.41, 5.74) is 0.997. The van der Waals surface area contributed by atoms with Gasteiger partial charge in [0.15, 0.2) is 0 Å². The molecule has 0 aliphatic rings. The third-order valence-corrected chi connectivity index (χ3v) is 2.62. The average Bonchev–Trinajstić information content (AvgIpc) is 2.23. The molecule has 0 unspecified atom stereocenters. The van der Waals surface area contributed by atoms with Crippen molar-refractivity contribution < 1.29 is 9.53 Å². The molecule has 0 aliphatic carbocycles. The maximum atomic E-state index is 11.7. The zero-order chi connectivity index (χ0) is 11.3. The molecule has 2 heteroatoms. The smallest absolute Gasteiger partial charge is 0.314 e. The number of hydrogen-bond acceptors (Lipinski definition) is 2. The molecule has 0 aliphatic heterocycles. The molecular formula is C13H18O2. The van der Waals surface area contributed by atoms with Crippen molar-refractivity contribution >= 4 is 5.97 Å². The van der Waals surface area contributed by atoms with Crippen molar-refractivity contribution in [3.05, 3.63) is 29.8 Å². The van der Waals surface area contributed by atoms with E-state index in [-0.39, 0.29) is 11.9 Å². The number of ether oxygens (including phenoxy) is 1. The van der Waals surface area contributed by atoms with Crippen molar-refractivity contribution in [2.45, 2.75) is 33.6 Å². The number of carbonyl (C=O) groups is 1. The van der Waals surface area contributed by atoms with Crippen LogP contribution in [-0.2, 0) is 4.79 Å². The molecule has 0 fully saturated rings. The minimum atomic E-state index is -0.116. The molecule has 0 amide bonds. The highest BCUT2D eigenvalue weighted by Crippen LogP contribution is 2.19. The number of para-hydroxylation sites is 1. The van der Waals surface area contributed by atoms with Crippen molar-refractivity contribution in [3.8, 4) is 5.75 Å². The van der Waals surface area contributed by atoms with Crippen LogP contribution in [0.5, 0.6) is 5.75 Å². The van der Waals surface area contributed by atoms with E-state index in [1.165, 1.54) is 0 Å². The Morgan fingerprint density at radius 2 is 1.87 bits per heavy atom. The van der Waals surface area contributed by atoms with Gasteiger partial charge in [0.1, 0.15) is 5.75 Å². The van der Waals surface area contributed by atoms with Crippen molar-refractivity contribution in [2.75, 3.05) is 0 Å². The summed E-state index contributed by atoms with van der Waals surface area (Å²) in [4.78, 5) is 11.7. The van der Waals surface area contributed by atoms with Gasteiger partial charge in [-0.15, -0.1) is 0 Å². The molecule has 1 rings (SSSR count). The van der Waals surface area contributed by atoms with E-state index in [0.717, 1.165) is 18.4 Å². The number of carbonyl (C=O) groups excluding carboxylic acids is 1. The molecule has 0 atom stereocenters. The Balaban J connectivity index is 2.70. The fourth-order valence-corrected chi connectivity index (χ4v) is 1.48. The van der Waals surface area contributed by atoms with E-state index in [1.807, 2.05) is 45.0 Å². The van der Waals surface area contributed by atoms with Crippen LogP contribution >= 0.6 is 0 Å². The number of aryl methyl sites for hydroxylation is 1. The predicted octanol–water partition coefficient (Wildman–Crippen LogP) is 3.34. The molecule has 1 aromatic rings. The first kappa shape index (κ1) is 11.8. The first-order chi connectivity index (χ1) is 7.19. The van der Waals surface area contributed by atoms with E-state index in [1.54, 1.807) is 0 Å². The van der Waals surface area contributed by atoms with E-state index >= 15 is 0 Å². The summed E-state index contributed by atoms with van der Waals surface area (Å²) >= 11 is 0. The van der Waals surface area contributed by atoms with Crippen molar-refractivity contribution in [3.63, 3.8) is 0 Å². The fourth-order valence-electron chi connectivity index (χ4n) is 1.48. The number of esters is 1. The summed E-state index contributed by atoms with van der Waals surface area (Å²) in [5, 5.41) is 0. The first-order valence-electron chi connectivity index (χ1n) is 5.46. The zero-order valence-electron chi connectivity index (χ0n) is 9.62. The van der Waals surface area contributed by atoms with Crippen molar-refractivity contribution in [2.24, 2.45) is 5.92 Å². The fraction of sp³-hybridized carbons (Fsp3) is 0.462. The maximum absolute atomic E-state index is 11.7. The number of benzene rings is 1. The van der Waals surface area contributed by atoms with Gasteiger partial charge < -0.3 is 4.74 Å². The zero-order valence-corrected chi connectivity index (χ0v) is 9.62. The Labute approximate surface area is 91.3 Å². The van der Waals surface area contributed by atoms with Crippen LogP contribution in [0.2, 0.25) is 0 Å². The second-order valence-corrected chi connectivity index (χ2v) is 3.70. The van der Waals surface area contributed by atoms with E-state index in [9.17, 15) is 4.79 Å². The Kier molecular flexibility index (Phi) is 4.35. The highest BCUT2D eigenvalue weighted by Gasteiger charge is 2.16. The van der Waals surface area contributed by atoms with Gasteiger partial charge in [0, 0.05) is 0 Å². The highest BCUT2D eigenvalue weighted by atomic mass is 16.5. The summed E-state index contributed by atoms with van der Waals surface area (Å²) in [6.07, 6.45) is 1.67.